The summed E-state index contributed by atoms with van der Waals surface area (Å²) in [5, 5.41) is 0. The van der Waals surface area contributed by atoms with Gasteiger partial charge in [-0.15, -0.1) is 0 Å². The highest BCUT2D eigenvalue weighted by Crippen LogP contribution is 2.45. The number of fused-ring (bicyclic) bond motifs is 1. The van der Waals surface area contributed by atoms with Crippen LogP contribution in [-0.2, 0) is 28.6 Å². The fraction of sp³-hybridized carbons (Fsp3) is 0.741. The largest absolute Gasteiger partial charge is 0.462 e. The first-order chi connectivity index (χ1) is 15.5. The van der Waals surface area contributed by atoms with Gasteiger partial charge in [-0.1, -0.05) is 39.0 Å². The van der Waals surface area contributed by atoms with E-state index in [4.69, 9.17) is 14.2 Å². The molecule has 0 saturated carbocycles. The molecule has 1 saturated heterocycles. The molecular weight excluding hydrogens is 420 g/mol. The Bertz CT molecular complexity index is 807. The number of rotatable bonds is 7. The minimum absolute atomic E-state index is 0.122. The first-order valence-corrected chi connectivity index (χ1v) is 12.5. The van der Waals surface area contributed by atoms with Crippen molar-refractivity contribution in [2.45, 2.75) is 98.4 Å². The van der Waals surface area contributed by atoms with E-state index in [2.05, 4.69) is 32.1 Å². The predicted molar refractivity (Wildman–Crippen MR) is 125 cm³/mol. The third-order valence-corrected chi connectivity index (χ3v) is 7.66. The Morgan fingerprint density at radius 1 is 1.15 bits per heavy atom. The summed E-state index contributed by atoms with van der Waals surface area (Å²) < 4.78 is 17.0. The topological polar surface area (TPSA) is 78.9 Å². The molecule has 2 aliphatic carbocycles. The molecule has 3 aliphatic rings. The number of hydrogen-bond acceptors (Lipinski definition) is 6. The third kappa shape index (κ3) is 6.27. The van der Waals surface area contributed by atoms with E-state index in [1.807, 2.05) is 20.8 Å². The first kappa shape index (κ1) is 25.5. The average Bonchev–Trinajstić information content (AvgIpc) is 2.72. The van der Waals surface area contributed by atoms with Crippen LogP contribution in [0.1, 0.15) is 80.1 Å². The van der Waals surface area contributed by atoms with Gasteiger partial charge in [0.2, 0.25) is 0 Å². The molecule has 0 aromatic rings. The summed E-state index contributed by atoms with van der Waals surface area (Å²) in [6.07, 6.45) is 9.70. The van der Waals surface area contributed by atoms with Crippen molar-refractivity contribution in [1.29, 1.82) is 0 Å². The van der Waals surface area contributed by atoms with Crippen LogP contribution in [0.5, 0.6) is 0 Å². The van der Waals surface area contributed by atoms with Gasteiger partial charge in [-0.2, -0.15) is 0 Å². The highest BCUT2D eigenvalue weighted by atomic mass is 16.6. The zero-order valence-corrected chi connectivity index (χ0v) is 21.0. The molecule has 3 rings (SSSR count). The monoisotopic (exact) mass is 460 g/mol. The smallest absolute Gasteiger partial charge is 0.311 e. The molecule has 6 heteroatoms. The van der Waals surface area contributed by atoms with Crippen molar-refractivity contribution in [2.24, 2.45) is 29.1 Å². The average molecular weight is 461 g/mol. The van der Waals surface area contributed by atoms with Gasteiger partial charge in [0.15, 0.2) is 0 Å². The predicted octanol–water partition coefficient (Wildman–Crippen LogP) is 5.16. The Labute approximate surface area is 198 Å². The van der Waals surface area contributed by atoms with Crippen molar-refractivity contribution < 1.29 is 28.6 Å². The molecule has 0 unspecified atom stereocenters. The van der Waals surface area contributed by atoms with Crippen molar-refractivity contribution in [3.8, 4) is 0 Å². The molecule has 1 fully saturated rings. The quantitative estimate of drug-likeness (QED) is 0.386. The minimum atomic E-state index is -0.502. The molecule has 0 aromatic heterocycles. The maximum absolute atomic E-state index is 12.9. The first-order valence-electron chi connectivity index (χ1n) is 12.5. The van der Waals surface area contributed by atoms with Crippen molar-refractivity contribution in [1.82, 2.24) is 0 Å². The minimum Gasteiger partial charge on any atom is -0.462 e. The summed E-state index contributed by atoms with van der Waals surface area (Å²) in [7, 11) is 0. The Hall–Kier alpha value is -2.11. The molecule has 0 aromatic carbocycles. The normalized spacial score (nSPS) is 34.1. The number of cyclic esters (lactones) is 1. The summed E-state index contributed by atoms with van der Waals surface area (Å²) in [5.41, 5.74) is 0.750. The van der Waals surface area contributed by atoms with Crippen LogP contribution < -0.4 is 0 Å². The third-order valence-electron chi connectivity index (χ3n) is 7.66. The van der Waals surface area contributed by atoms with Crippen LogP contribution in [0.2, 0.25) is 0 Å². The van der Waals surface area contributed by atoms with Crippen LogP contribution in [0, 0.1) is 29.1 Å². The van der Waals surface area contributed by atoms with Gasteiger partial charge in [-0.3, -0.25) is 14.4 Å². The van der Waals surface area contributed by atoms with Crippen LogP contribution in [0.25, 0.3) is 0 Å². The molecular formula is C27H40O6. The summed E-state index contributed by atoms with van der Waals surface area (Å²) in [5.74, 6) is 0.283. The van der Waals surface area contributed by atoms with Gasteiger partial charge in [0.1, 0.15) is 18.3 Å². The fourth-order valence-corrected chi connectivity index (χ4v) is 5.39. The molecule has 0 bridgehead atoms. The number of allylic oxidation sites excluding steroid dienone is 3. The number of hydrogen-bond donors (Lipinski definition) is 0. The zero-order valence-electron chi connectivity index (χ0n) is 21.0. The van der Waals surface area contributed by atoms with Crippen molar-refractivity contribution in [2.75, 3.05) is 0 Å². The second-order valence-electron chi connectivity index (χ2n) is 10.8. The van der Waals surface area contributed by atoms with E-state index in [0.717, 1.165) is 19.3 Å². The van der Waals surface area contributed by atoms with Crippen molar-refractivity contribution >= 4 is 17.9 Å². The second-order valence-corrected chi connectivity index (χ2v) is 10.8. The molecule has 0 radical (unpaired) electrons. The number of carbonyl (C=O) groups excluding carboxylic acids is 3. The highest BCUT2D eigenvalue weighted by molar-refractivity contribution is 5.76. The van der Waals surface area contributed by atoms with Crippen LogP contribution in [0.15, 0.2) is 23.8 Å². The lowest BCUT2D eigenvalue weighted by molar-refractivity contribution is -0.170. The molecule has 1 heterocycles. The van der Waals surface area contributed by atoms with Crippen LogP contribution >= 0.6 is 0 Å². The number of esters is 3. The zero-order chi connectivity index (χ0) is 24.3. The Morgan fingerprint density at radius 2 is 1.88 bits per heavy atom. The lowest BCUT2D eigenvalue weighted by atomic mass is 9.65. The van der Waals surface area contributed by atoms with Gasteiger partial charge in [0, 0.05) is 19.3 Å². The Kier molecular flexibility index (Phi) is 8.07. The van der Waals surface area contributed by atoms with E-state index in [0.29, 0.717) is 24.7 Å². The molecule has 0 N–H and O–H groups in total. The van der Waals surface area contributed by atoms with Crippen LogP contribution in [0.4, 0.5) is 0 Å². The summed E-state index contributed by atoms with van der Waals surface area (Å²) >= 11 is 0. The van der Waals surface area contributed by atoms with Gasteiger partial charge in [-0.05, 0) is 62.9 Å². The number of carbonyl (C=O) groups is 3. The van der Waals surface area contributed by atoms with Gasteiger partial charge >= 0.3 is 17.9 Å². The fourth-order valence-electron chi connectivity index (χ4n) is 5.39. The van der Waals surface area contributed by atoms with E-state index in [1.54, 1.807) is 0 Å². The Balaban J connectivity index is 1.74. The van der Waals surface area contributed by atoms with Crippen LogP contribution in [0.3, 0.4) is 0 Å². The lowest BCUT2D eigenvalue weighted by Crippen LogP contribution is -2.43. The summed E-state index contributed by atoms with van der Waals surface area (Å²) in [4.78, 5) is 36.3. The summed E-state index contributed by atoms with van der Waals surface area (Å²) in [6.45, 7) is 11.6. The van der Waals surface area contributed by atoms with E-state index >= 15 is 0 Å². The molecule has 1 aliphatic heterocycles. The molecule has 33 heavy (non-hydrogen) atoms. The Morgan fingerprint density at radius 3 is 2.55 bits per heavy atom. The van der Waals surface area contributed by atoms with E-state index < -0.39 is 11.5 Å². The maximum atomic E-state index is 12.9. The standard InChI is InChI=1S/C27H40O6/c1-7-27(5,6)26(30)33-23-13-16(2)12-19-9-8-17(3)22(25(19)23)11-10-20-14-21(31-18(4)28)15-24(29)32-20/h8-9,12,16-17,20-23,25H,7,10-11,13-15H2,1-6H3/t16-,17+,20-,21+,22+,23-,25+/m1/s1. The van der Waals surface area contributed by atoms with Gasteiger partial charge < -0.3 is 14.2 Å². The van der Waals surface area contributed by atoms with Crippen LogP contribution in [-0.4, -0.2) is 36.2 Å². The van der Waals surface area contributed by atoms with Gasteiger partial charge in [0.25, 0.3) is 0 Å². The molecule has 6 nitrogen and oxygen atoms in total. The van der Waals surface area contributed by atoms with Gasteiger partial charge in [0.05, 0.1) is 11.8 Å². The van der Waals surface area contributed by atoms with Crippen molar-refractivity contribution in [3.63, 3.8) is 0 Å². The maximum Gasteiger partial charge on any atom is 0.311 e. The second kappa shape index (κ2) is 10.4. The van der Waals surface area contributed by atoms with E-state index in [1.165, 1.54) is 12.5 Å². The summed E-state index contributed by atoms with van der Waals surface area (Å²) in [6, 6.07) is 0. The molecule has 184 valence electrons. The highest BCUT2D eigenvalue weighted by Gasteiger charge is 2.43. The van der Waals surface area contributed by atoms with E-state index in [9.17, 15) is 14.4 Å². The molecule has 0 spiro atoms. The molecule has 7 atom stereocenters. The van der Waals surface area contributed by atoms with Gasteiger partial charge in [-0.25, -0.2) is 0 Å². The van der Waals surface area contributed by atoms with E-state index in [-0.39, 0.29) is 48.4 Å². The SMILES string of the molecule is CCC(C)(C)C(=O)O[C@@H]1C[C@H](C)C=C2C=C[C@H](C)[C@H](CC[C@@H]3C[C@H](OC(C)=O)CC(=O)O3)[C@H]21. The number of ether oxygens (including phenoxy) is 3. The van der Waals surface area contributed by atoms with Crippen molar-refractivity contribution in [3.05, 3.63) is 23.8 Å². The molecule has 0 amide bonds. The lowest BCUT2D eigenvalue weighted by Gasteiger charge is -2.44.